The molecule has 0 fully saturated rings. The first kappa shape index (κ1) is 22.6. The van der Waals surface area contributed by atoms with E-state index in [0.29, 0.717) is 21.6 Å². The number of carbonyl (C=O) groups is 3. The number of hydrogen-bond donors (Lipinski definition) is 3. The van der Waals surface area contributed by atoms with Crippen molar-refractivity contribution in [1.29, 1.82) is 0 Å². The Bertz CT molecular complexity index is 1350. The monoisotopic (exact) mass is 524 g/mol. The molecule has 0 unspecified atom stereocenters. The van der Waals surface area contributed by atoms with Crippen LogP contribution in [0.2, 0.25) is 5.02 Å². The molecular weight excluding hydrogens is 508 g/mol. The van der Waals surface area contributed by atoms with Crippen LogP contribution in [-0.2, 0) is 16.1 Å². The van der Waals surface area contributed by atoms with Crippen LogP contribution in [0.15, 0.2) is 83.3 Å². The molecule has 0 saturated heterocycles. The third-order valence-electron chi connectivity index (χ3n) is 4.79. The topological polar surface area (TPSA) is 92.2 Å². The van der Waals surface area contributed by atoms with E-state index in [0.717, 1.165) is 10.0 Å². The van der Waals surface area contributed by atoms with Gasteiger partial charge in [0.2, 0.25) is 0 Å². The molecule has 4 rings (SSSR count). The maximum Gasteiger partial charge on any atom is 0.328 e. The number of nitrogens with one attached hydrogen (secondary N) is 3. The molecule has 3 amide bonds. The van der Waals surface area contributed by atoms with Gasteiger partial charge in [0.05, 0.1) is 5.52 Å². The number of amides is 3. The molecule has 0 aliphatic heterocycles. The van der Waals surface area contributed by atoms with Crippen LogP contribution >= 0.6 is 27.5 Å². The lowest BCUT2D eigenvalue weighted by Gasteiger charge is -2.13. The van der Waals surface area contributed by atoms with Gasteiger partial charge >= 0.3 is 11.8 Å². The molecule has 0 spiro atoms. The smallest absolute Gasteiger partial charge is 0.328 e. The maximum absolute atomic E-state index is 13.0. The molecule has 0 aliphatic rings. The molecule has 1 aromatic heterocycles. The van der Waals surface area contributed by atoms with Crippen molar-refractivity contribution in [2.75, 3.05) is 10.7 Å². The van der Waals surface area contributed by atoms with Crippen LogP contribution in [0.1, 0.15) is 16.1 Å². The summed E-state index contributed by atoms with van der Waals surface area (Å²) in [6.45, 7) is 0.203. The highest BCUT2D eigenvalue weighted by Crippen LogP contribution is 2.24. The summed E-state index contributed by atoms with van der Waals surface area (Å²) in [6.07, 6.45) is 0. The third-order valence-corrected chi connectivity index (χ3v) is 5.52. The standard InChI is InChI=1S/C24H18BrClN4O3/c25-17-9-10-20-16(11-17)12-21(22(31)28-19-8-4-7-18(26)13-19)30(20)29-24(33)23(32)27-14-15-5-2-1-3-6-15/h1-13H,14H2,(H,27,32)(H,28,31)(H,29,33). The van der Waals surface area contributed by atoms with Crippen molar-refractivity contribution in [2.45, 2.75) is 6.54 Å². The van der Waals surface area contributed by atoms with E-state index in [1.807, 2.05) is 36.4 Å². The van der Waals surface area contributed by atoms with Crippen molar-refractivity contribution < 1.29 is 14.4 Å². The number of nitrogens with zero attached hydrogens (tertiary/aromatic N) is 1. The van der Waals surface area contributed by atoms with Gasteiger partial charge in [-0.05, 0) is 48.0 Å². The number of aromatic nitrogens is 1. The highest BCUT2D eigenvalue weighted by molar-refractivity contribution is 9.10. The fourth-order valence-corrected chi connectivity index (χ4v) is 3.82. The van der Waals surface area contributed by atoms with E-state index in [-0.39, 0.29) is 12.2 Å². The summed E-state index contributed by atoms with van der Waals surface area (Å²) in [7, 11) is 0. The van der Waals surface area contributed by atoms with Crippen LogP contribution in [0.3, 0.4) is 0 Å². The fraction of sp³-hybridized carbons (Fsp3) is 0.0417. The minimum absolute atomic E-state index is 0.146. The lowest BCUT2D eigenvalue weighted by atomic mass is 10.2. The van der Waals surface area contributed by atoms with Crippen LogP contribution in [-0.4, -0.2) is 22.4 Å². The molecule has 1 heterocycles. The fourth-order valence-electron chi connectivity index (χ4n) is 3.25. The van der Waals surface area contributed by atoms with Gasteiger partial charge in [0.25, 0.3) is 5.91 Å². The Balaban J connectivity index is 1.58. The quantitative estimate of drug-likeness (QED) is 0.330. The van der Waals surface area contributed by atoms with Gasteiger partial charge in [-0.15, -0.1) is 0 Å². The van der Waals surface area contributed by atoms with Crippen molar-refractivity contribution >= 4 is 61.8 Å². The van der Waals surface area contributed by atoms with Crippen molar-refractivity contribution in [1.82, 2.24) is 9.99 Å². The molecule has 3 N–H and O–H groups in total. The lowest BCUT2D eigenvalue weighted by Crippen LogP contribution is -2.39. The van der Waals surface area contributed by atoms with Gasteiger partial charge < -0.3 is 10.6 Å². The van der Waals surface area contributed by atoms with Gasteiger partial charge in [-0.25, -0.2) is 4.68 Å². The maximum atomic E-state index is 13.0. The Labute approximate surface area is 202 Å². The Morgan fingerprint density at radius 3 is 2.42 bits per heavy atom. The van der Waals surface area contributed by atoms with Gasteiger partial charge in [-0.1, -0.05) is 63.9 Å². The number of anilines is 1. The first-order chi connectivity index (χ1) is 15.9. The Morgan fingerprint density at radius 1 is 0.879 bits per heavy atom. The van der Waals surface area contributed by atoms with Crippen molar-refractivity contribution in [3.05, 3.63) is 99.6 Å². The molecule has 3 aromatic carbocycles. The number of benzene rings is 3. The minimum atomic E-state index is -0.900. The largest absolute Gasteiger partial charge is 0.344 e. The van der Waals surface area contributed by atoms with E-state index in [4.69, 9.17) is 11.6 Å². The number of carbonyl (C=O) groups excluding carboxylic acids is 3. The third kappa shape index (κ3) is 5.42. The second-order valence-corrected chi connectivity index (χ2v) is 8.49. The number of rotatable bonds is 5. The molecule has 166 valence electrons. The number of fused-ring (bicyclic) bond motifs is 1. The zero-order chi connectivity index (χ0) is 23.4. The molecule has 9 heteroatoms. The molecule has 0 atom stereocenters. The molecule has 33 heavy (non-hydrogen) atoms. The van der Waals surface area contributed by atoms with E-state index >= 15 is 0 Å². The molecule has 0 saturated carbocycles. The number of hydrogen-bond acceptors (Lipinski definition) is 3. The van der Waals surface area contributed by atoms with Gasteiger partial charge in [-0.3, -0.25) is 19.8 Å². The summed E-state index contributed by atoms with van der Waals surface area (Å²) < 4.78 is 2.10. The first-order valence-electron chi connectivity index (χ1n) is 9.92. The second-order valence-electron chi connectivity index (χ2n) is 7.14. The highest BCUT2D eigenvalue weighted by Gasteiger charge is 2.21. The lowest BCUT2D eigenvalue weighted by molar-refractivity contribution is -0.136. The van der Waals surface area contributed by atoms with Gasteiger partial charge in [-0.2, -0.15) is 0 Å². The highest BCUT2D eigenvalue weighted by atomic mass is 79.9. The van der Waals surface area contributed by atoms with Crippen molar-refractivity contribution in [2.24, 2.45) is 0 Å². The van der Waals surface area contributed by atoms with E-state index in [2.05, 4.69) is 32.0 Å². The van der Waals surface area contributed by atoms with E-state index < -0.39 is 17.7 Å². The zero-order valence-electron chi connectivity index (χ0n) is 17.1. The predicted molar refractivity (Wildman–Crippen MR) is 132 cm³/mol. The van der Waals surface area contributed by atoms with Crippen molar-refractivity contribution in [3.63, 3.8) is 0 Å². The molecule has 4 aromatic rings. The molecular formula is C24H18BrClN4O3. The first-order valence-corrected chi connectivity index (χ1v) is 11.1. The summed E-state index contributed by atoms with van der Waals surface area (Å²) in [6, 6.07) is 22.9. The van der Waals surface area contributed by atoms with Crippen LogP contribution in [0.4, 0.5) is 5.69 Å². The number of halogens is 2. The molecule has 0 radical (unpaired) electrons. The summed E-state index contributed by atoms with van der Waals surface area (Å²) in [5.41, 5.74) is 4.59. The average Bonchev–Trinajstić information content (AvgIpc) is 3.15. The van der Waals surface area contributed by atoms with Crippen LogP contribution in [0.5, 0.6) is 0 Å². The summed E-state index contributed by atoms with van der Waals surface area (Å²) in [5.74, 6) is -2.20. The van der Waals surface area contributed by atoms with Gasteiger partial charge in [0, 0.05) is 27.1 Å². The predicted octanol–water partition coefficient (Wildman–Crippen LogP) is 4.70. The summed E-state index contributed by atoms with van der Waals surface area (Å²) >= 11 is 9.41. The Morgan fingerprint density at radius 2 is 1.67 bits per heavy atom. The van der Waals surface area contributed by atoms with Crippen LogP contribution < -0.4 is 16.1 Å². The Hall–Kier alpha value is -3.62. The van der Waals surface area contributed by atoms with E-state index in [1.165, 1.54) is 4.68 Å². The van der Waals surface area contributed by atoms with E-state index in [9.17, 15) is 14.4 Å². The molecule has 0 bridgehead atoms. The normalized spacial score (nSPS) is 10.6. The molecule has 0 aliphatic carbocycles. The van der Waals surface area contributed by atoms with E-state index in [1.54, 1.807) is 42.5 Å². The van der Waals surface area contributed by atoms with Gasteiger partial charge in [0.15, 0.2) is 0 Å². The second kappa shape index (κ2) is 9.89. The van der Waals surface area contributed by atoms with Gasteiger partial charge in [0.1, 0.15) is 5.69 Å². The van der Waals surface area contributed by atoms with Crippen LogP contribution in [0.25, 0.3) is 10.9 Å². The van der Waals surface area contributed by atoms with Crippen LogP contribution in [0, 0.1) is 0 Å². The van der Waals surface area contributed by atoms with Crippen molar-refractivity contribution in [3.8, 4) is 0 Å². The zero-order valence-corrected chi connectivity index (χ0v) is 19.5. The minimum Gasteiger partial charge on any atom is -0.344 e. The summed E-state index contributed by atoms with van der Waals surface area (Å²) in [4.78, 5) is 38.0. The average molecular weight is 526 g/mol. The molecule has 7 nitrogen and oxygen atoms in total. The SMILES string of the molecule is O=C(NCc1ccccc1)C(=O)Nn1c(C(=O)Nc2cccc(Cl)c2)cc2cc(Br)ccc21. The Kier molecular flexibility index (Phi) is 6.76. The summed E-state index contributed by atoms with van der Waals surface area (Å²) in [5, 5.41) is 6.50.